The number of nitrogens with zero attached hydrogens (tertiary/aromatic N) is 2. The van der Waals surface area contributed by atoms with Crippen LogP contribution in [0.25, 0.3) is 10.2 Å². The second-order valence-electron chi connectivity index (χ2n) is 9.50. The highest BCUT2D eigenvalue weighted by Crippen LogP contribution is 2.46. The number of hydrogen-bond donors (Lipinski definition) is 2. The Hall–Kier alpha value is -2.89. The molecule has 1 saturated carbocycles. The maximum atomic E-state index is 13.2. The Balaban J connectivity index is 1.45. The third kappa shape index (κ3) is 4.90. The van der Waals surface area contributed by atoms with Crippen LogP contribution in [0.15, 0.2) is 18.2 Å². The molecule has 4 amide bonds. The van der Waals surface area contributed by atoms with E-state index in [1.165, 1.54) is 12.1 Å². The summed E-state index contributed by atoms with van der Waals surface area (Å²) in [6.07, 6.45) is -2.88. The number of carbonyl (C=O) groups is 3. The van der Waals surface area contributed by atoms with E-state index >= 15 is 0 Å². The average molecular weight is 485 g/mol. The number of nitrogens with one attached hydrogen (secondary N) is 2. The van der Waals surface area contributed by atoms with Gasteiger partial charge in [0.25, 0.3) is 5.91 Å². The topological polar surface area (TPSA) is 101 Å². The van der Waals surface area contributed by atoms with Crippen LogP contribution in [-0.4, -0.2) is 46.2 Å². The minimum atomic E-state index is -4.82. The van der Waals surface area contributed by atoms with Gasteiger partial charge in [-0.25, -0.2) is 9.78 Å². The molecule has 0 bridgehead atoms. The largest absolute Gasteiger partial charge is 0.573 e. The number of aromatic nitrogens is 1. The molecule has 2 atom stereocenters. The van der Waals surface area contributed by atoms with Crippen LogP contribution in [0.2, 0.25) is 0 Å². The van der Waals surface area contributed by atoms with Gasteiger partial charge in [-0.2, -0.15) is 0 Å². The molecule has 2 fully saturated rings. The molecule has 1 aliphatic carbocycles. The van der Waals surface area contributed by atoms with Gasteiger partial charge in [-0.05, 0) is 42.7 Å². The molecule has 12 heteroatoms. The van der Waals surface area contributed by atoms with E-state index in [2.05, 4.69) is 34.2 Å². The first-order valence-corrected chi connectivity index (χ1v) is 11.2. The van der Waals surface area contributed by atoms with Crippen molar-refractivity contribution in [1.29, 1.82) is 0 Å². The van der Waals surface area contributed by atoms with Crippen molar-refractivity contribution < 1.29 is 32.3 Å². The van der Waals surface area contributed by atoms with Gasteiger partial charge in [0.2, 0.25) is 5.91 Å². The summed E-state index contributed by atoms with van der Waals surface area (Å²) in [5.74, 6) is -1.21. The van der Waals surface area contributed by atoms with E-state index in [0.29, 0.717) is 23.1 Å². The number of halogens is 3. The van der Waals surface area contributed by atoms with Gasteiger partial charge in [0, 0.05) is 6.07 Å². The standard InChI is InChI=1S/C21H23F3N4O4S/c1-11-7-19(2,3)10-20(8-11)16(30)28(18(31)27-20)9-15(29)26-17-25-13-5-4-12(6-14(13)33-17)32-21(22,23)24/h4-6,11H,7-10H2,1-3H3,(H,27,31)(H,25,26,29). The van der Waals surface area contributed by atoms with Crippen LogP contribution in [0.5, 0.6) is 5.75 Å². The molecule has 1 aromatic heterocycles. The third-order valence-corrected chi connectivity index (χ3v) is 6.70. The summed E-state index contributed by atoms with van der Waals surface area (Å²) in [5, 5.41) is 5.46. The first kappa shape index (κ1) is 23.3. The lowest BCUT2D eigenvalue weighted by Gasteiger charge is -2.43. The maximum Gasteiger partial charge on any atom is 0.573 e. The lowest BCUT2D eigenvalue weighted by Crippen LogP contribution is -2.54. The maximum absolute atomic E-state index is 13.2. The molecule has 2 heterocycles. The Morgan fingerprint density at radius 2 is 2.06 bits per heavy atom. The van der Waals surface area contributed by atoms with Gasteiger partial charge in [-0.15, -0.1) is 13.2 Å². The van der Waals surface area contributed by atoms with Crippen LogP contribution >= 0.6 is 11.3 Å². The molecule has 2 N–H and O–H groups in total. The van der Waals surface area contributed by atoms with Gasteiger partial charge in [0.15, 0.2) is 5.13 Å². The third-order valence-electron chi connectivity index (χ3n) is 5.77. The normalized spacial score (nSPS) is 24.9. The number of anilines is 1. The second-order valence-corrected chi connectivity index (χ2v) is 10.5. The van der Waals surface area contributed by atoms with Crippen LogP contribution < -0.4 is 15.4 Å². The quantitative estimate of drug-likeness (QED) is 0.632. The number of alkyl halides is 3. The first-order valence-electron chi connectivity index (χ1n) is 10.4. The molecule has 0 radical (unpaired) electrons. The van der Waals surface area contributed by atoms with E-state index in [0.717, 1.165) is 28.7 Å². The fraction of sp³-hybridized carbons (Fsp3) is 0.524. The molecule has 2 unspecified atom stereocenters. The van der Waals surface area contributed by atoms with Crippen LogP contribution in [0.4, 0.5) is 23.1 Å². The number of thiazole rings is 1. The van der Waals surface area contributed by atoms with Crippen molar-refractivity contribution in [2.24, 2.45) is 11.3 Å². The number of imide groups is 1. The van der Waals surface area contributed by atoms with Gasteiger partial charge in [-0.3, -0.25) is 14.5 Å². The SMILES string of the molecule is CC1CC(C)(C)CC2(C1)NC(=O)N(CC(=O)Nc1nc3ccc(OC(F)(F)F)cc3s1)C2=O. The number of benzene rings is 1. The molecule has 33 heavy (non-hydrogen) atoms. The Morgan fingerprint density at radius 3 is 2.73 bits per heavy atom. The molecule has 2 aromatic rings. The number of hydrogen-bond acceptors (Lipinski definition) is 6. The molecule has 1 spiro atoms. The van der Waals surface area contributed by atoms with Crippen LogP contribution in [0.1, 0.15) is 40.0 Å². The number of amides is 4. The molecule has 1 aromatic carbocycles. The highest BCUT2D eigenvalue weighted by molar-refractivity contribution is 7.22. The first-order chi connectivity index (χ1) is 15.3. The van der Waals surface area contributed by atoms with Crippen LogP contribution in [-0.2, 0) is 9.59 Å². The Morgan fingerprint density at radius 1 is 1.33 bits per heavy atom. The van der Waals surface area contributed by atoms with Gasteiger partial charge in [0.1, 0.15) is 17.8 Å². The van der Waals surface area contributed by atoms with Crippen LogP contribution in [0, 0.1) is 11.3 Å². The number of carbonyl (C=O) groups excluding carboxylic acids is 3. The predicted molar refractivity (Wildman–Crippen MR) is 115 cm³/mol. The highest BCUT2D eigenvalue weighted by Gasteiger charge is 2.56. The lowest BCUT2D eigenvalue weighted by atomic mass is 9.64. The minimum absolute atomic E-state index is 0.130. The summed E-state index contributed by atoms with van der Waals surface area (Å²) in [4.78, 5) is 43.3. The summed E-state index contributed by atoms with van der Waals surface area (Å²) >= 11 is 0.952. The van der Waals surface area contributed by atoms with Crippen molar-refractivity contribution >= 4 is 44.5 Å². The van der Waals surface area contributed by atoms with E-state index in [9.17, 15) is 27.6 Å². The van der Waals surface area contributed by atoms with Gasteiger partial charge >= 0.3 is 12.4 Å². The number of fused-ring (bicyclic) bond motifs is 1. The smallest absolute Gasteiger partial charge is 0.406 e. The van der Waals surface area contributed by atoms with Crippen molar-refractivity contribution in [2.45, 2.75) is 51.9 Å². The monoisotopic (exact) mass is 484 g/mol. The van der Waals surface area contributed by atoms with Crippen LogP contribution in [0.3, 0.4) is 0 Å². The Kier molecular flexibility index (Phi) is 5.54. The van der Waals surface area contributed by atoms with E-state index < -0.39 is 42.0 Å². The van der Waals surface area contributed by atoms with Crippen molar-refractivity contribution in [3.8, 4) is 5.75 Å². The molecule has 1 saturated heterocycles. The average Bonchev–Trinajstić information content (AvgIpc) is 3.11. The van der Waals surface area contributed by atoms with Gasteiger partial charge < -0.3 is 15.4 Å². The Bertz CT molecular complexity index is 1130. The zero-order chi connectivity index (χ0) is 24.2. The summed E-state index contributed by atoms with van der Waals surface area (Å²) < 4.78 is 41.5. The van der Waals surface area contributed by atoms with E-state index in [1.807, 2.05) is 6.92 Å². The minimum Gasteiger partial charge on any atom is -0.406 e. The molecular formula is C21H23F3N4O4S. The van der Waals surface area contributed by atoms with Crippen molar-refractivity contribution in [3.05, 3.63) is 18.2 Å². The fourth-order valence-corrected chi connectivity index (χ4v) is 6.02. The van der Waals surface area contributed by atoms with Crippen molar-refractivity contribution in [1.82, 2.24) is 15.2 Å². The molecule has 178 valence electrons. The molecule has 8 nitrogen and oxygen atoms in total. The molecule has 2 aliphatic rings. The molecule has 4 rings (SSSR count). The summed E-state index contributed by atoms with van der Waals surface area (Å²) in [5.41, 5.74) is -0.769. The predicted octanol–water partition coefficient (Wildman–Crippen LogP) is 4.27. The van der Waals surface area contributed by atoms with E-state index in [4.69, 9.17) is 0 Å². The van der Waals surface area contributed by atoms with E-state index in [1.54, 1.807) is 0 Å². The summed E-state index contributed by atoms with van der Waals surface area (Å²) in [6.45, 7) is 5.66. The number of rotatable bonds is 4. The van der Waals surface area contributed by atoms with Crippen molar-refractivity contribution in [3.63, 3.8) is 0 Å². The van der Waals surface area contributed by atoms with E-state index in [-0.39, 0.29) is 16.5 Å². The zero-order valence-electron chi connectivity index (χ0n) is 18.2. The molecular weight excluding hydrogens is 461 g/mol. The fourth-order valence-electron chi connectivity index (χ4n) is 5.11. The Labute approximate surface area is 191 Å². The zero-order valence-corrected chi connectivity index (χ0v) is 19.0. The summed E-state index contributed by atoms with van der Waals surface area (Å²) in [6, 6.07) is 3.03. The van der Waals surface area contributed by atoms with Crippen molar-refractivity contribution in [2.75, 3.05) is 11.9 Å². The lowest BCUT2D eigenvalue weighted by molar-refractivity contribution is -0.274. The summed E-state index contributed by atoms with van der Waals surface area (Å²) in [7, 11) is 0. The molecule has 1 aliphatic heterocycles. The number of ether oxygens (including phenoxy) is 1. The highest BCUT2D eigenvalue weighted by atomic mass is 32.1. The van der Waals surface area contributed by atoms with Gasteiger partial charge in [-0.1, -0.05) is 32.1 Å². The second kappa shape index (κ2) is 7.86. The van der Waals surface area contributed by atoms with Gasteiger partial charge in [0.05, 0.1) is 10.2 Å². The number of urea groups is 1.